The van der Waals surface area contributed by atoms with E-state index in [1.165, 1.54) is 19.3 Å². The van der Waals surface area contributed by atoms with E-state index in [4.69, 9.17) is 0 Å². The van der Waals surface area contributed by atoms with Crippen LogP contribution in [0.5, 0.6) is 0 Å². The molecule has 0 heterocycles. The molecule has 0 saturated heterocycles. The molecule has 0 aromatic heterocycles. The molecule has 2 bridgehead atoms. The van der Waals surface area contributed by atoms with E-state index in [-0.39, 0.29) is 40.0 Å². The van der Waals surface area contributed by atoms with Crippen LogP contribution in [0.1, 0.15) is 26.2 Å². The van der Waals surface area contributed by atoms with E-state index < -0.39 is 0 Å². The maximum absolute atomic E-state index is 2.38. The third kappa shape index (κ3) is 1.07. The minimum atomic E-state index is 0. The number of hydrogen-bond donors (Lipinski definition) is 0. The quantitative estimate of drug-likeness (QED) is 0.315. The number of halogens is 1. The largest absolute Gasteiger partial charge is 2.00 e. The van der Waals surface area contributed by atoms with Crippen LogP contribution in [0.2, 0.25) is 0 Å². The summed E-state index contributed by atoms with van der Waals surface area (Å²) in [6.45, 7) is 2.38. The van der Waals surface area contributed by atoms with Gasteiger partial charge in [0.15, 0.2) is 0 Å². The van der Waals surface area contributed by atoms with Crippen molar-refractivity contribution in [1.29, 1.82) is 0 Å². The van der Waals surface area contributed by atoms with Gasteiger partial charge in [0.1, 0.15) is 0 Å². The van der Waals surface area contributed by atoms with Gasteiger partial charge in [-0.15, -0.1) is 5.41 Å². The van der Waals surface area contributed by atoms with Crippen LogP contribution in [-0.4, -0.2) is 23.1 Å². The Morgan fingerprint density at radius 2 is 1.50 bits per heavy atom. The Labute approximate surface area is 77.3 Å². The maximum Gasteiger partial charge on any atom is 2.00 e. The van der Waals surface area contributed by atoms with Crippen LogP contribution in [-0.2, 0) is 0 Å². The summed E-state index contributed by atoms with van der Waals surface area (Å²) in [5.74, 6) is 1.82. The molecule has 0 spiro atoms. The van der Waals surface area contributed by atoms with Gasteiger partial charge in [-0.2, -0.15) is 19.3 Å². The van der Waals surface area contributed by atoms with Gasteiger partial charge in [-0.25, -0.2) is 0 Å². The fourth-order valence-corrected chi connectivity index (χ4v) is 1.66. The standard InChI is InChI=1S/C6H9.BrH.Mg/c1-6-2-5(3-6)4-6;;/h2-4H2,1H3;1H;/q-1;;+2/p-1. The van der Waals surface area contributed by atoms with Crippen molar-refractivity contribution in [3.63, 3.8) is 0 Å². The zero-order valence-corrected chi connectivity index (χ0v) is 8.21. The Balaban J connectivity index is 0.000000245. The van der Waals surface area contributed by atoms with Crippen LogP contribution in [0, 0.1) is 11.3 Å². The molecule has 0 atom stereocenters. The summed E-state index contributed by atoms with van der Waals surface area (Å²) in [7, 11) is 0. The molecule has 0 N–H and O–H groups in total. The molecule has 3 fully saturated rings. The van der Waals surface area contributed by atoms with Crippen LogP contribution in [0.25, 0.3) is 0 Å². The average Bonchev–Trinajstić information content (AvgIpc) is 1.24. The molecule has 0 aromatic rings. The van der Waals surface area contributed by atoms with E-state index >= 15 is 0 Å². The predicted octanol–water partition coefficient (Wildman–Crippen LogP) is -1.61. The molecule has 0 aromatic carbocycles. The van der Waals surface area contributed by atoms with E-state index in [0.29, 0.717) is 0 Å². The van der Waals surface area contributed by atoms with E-state index in [2.05, 4.69) is 6.92 Å². The van der Waals surface area contributed by atoms with Gasteiger partial charge in [0.2, 0.25) is 0 Å². The van der Waals surface area contributed by atoms with Crippen molar-refractivity contribution in [2.45, 2.75) is 26.2 Å². The molecule has 0 nitrogen and oxygen atoms in total. The molecular weight excluding hydrogens is 176 g/mol. The van der Waals surface area contributed by atoms with Crippen molar-refractivity contribution >= 4 is 23.1 Å². The van der Waals surface area contributed by atoms with Gasteiger partial charge in [0.25, 0.3) is 0 Å². The molecule has 3 saturated carbocycles. The molecule has 3 rings (SSSR count). The third-order valence-corrected chi connectivity index (χ3v) is 2.03. The molecular formula is C6H9BrMg. The Bertz CT molecular complexity index is 75.5. The monoisotopic (exact) mass is 184 g/mol. The van der Waals surface area contributed by atoms with Crippen LogP contribution >= 0.6 is 0 Å². The second kappa shape index (κ2) is 2.47. The topological polar surface area (TPSA) is 0 Å². The molecule has 42 valence electrons. The number of hydrogen-bond acceptors (Lipinski definition) is 0. The molecule has 0 aliphatic heterocycles. The SMILES string of the molecule is CC12C[C-](C1)C2.[Br-].[Mg+2]. The second-order valence-electron chi connectivity index (χ2n) is 3.09. The van der Waals surface area contributed by atoms with E-state index in [0.717, 1.165) is 5.41 Å². The summed E-state index contributed by atoms with van der Waals surface area (Å²) in [4.78, 5) is 0. The van der Waals surface area contributed by atoms with Crippen molar-refractivity contribution in [1.82, 2.24) is 0 Å². The minimum absolute atomic E-state index is 0. The Kier molecular flexibility index (Phi) is 2.85. The third-order valence-electron chi connectivity index (χ3n) is 2.03. The first-order valence-corrected chi connectivity index (χ1v) is 2.62. The van der Waals surface area contributed by atoms with Gasteiger partial charge in [-0.1, -0.05) is 6.92 Å². The predicted molar refractivity (Wildman–Crippen MR) is 31.0 cm³/mol. The van der Waals surface area contributed by atoms with Gasteiger partial charge in [-0.3, -0.25) is 0 Å². The molecule has 3 aliphatic carbocycles. The zero-order chi connectivity index (χ0) is 4.20. The molecule has 0 radical (unpaired) electrons. The zero-order valence-electron chi connectivity index (χ0n) is 5.21. The fourth-order valence-electron chi connectivity index (χ4n) is 1.66. The van der Waals surface area contributed by atoms with Crippen LogP contribution < -0.4 is 17.0 Å². The summed E-state index contributed by atoms with van der Waals surface area (Å²) in [6.07, 6.45) is 4.40. The van der Waals surface area contributed by atoms with E-state index in [1.807, 2.05) is 5.92 Å². The van der Waals surface area contributed by atoms with Gasteiger partial charge < -0.3 is 22.9 Å². The van der Waals surface area contributed by atoms with E-state index in [1.54, 1.807) is 0 Å². The summed E-state index contributed by atoms with van der Waals surface area (Å²) < 4.78 is 0. The summed E-state index contributed by atoms with van der Waals surface area (Å²) in [5, 5.41) is 0. The van der Waals surface area contributed by atoms with Crippen molar-refractivity contribution in [3.8, 4) is 0 Å². The fraction of sp³-hybridized carbons (Fsp3) is 0.833. The molecule has 0 unspecified atom stereocenters. The van der Waals surface area contributed by atoms with Gasteiger partial charge in [0.05, 0.1) is 0 Å². The first-order chi connectivity index (χ1) is 2.79. The summed E-state index contributed by atoms with van der Waals surface area (Å²) in [6, 6.07) is 0. The van der Waals surface area contributed by atoms with Crippen molar-refractivity contribution < 1.29 is 17.0 Å². The van der Waals surface area contributed by atoms with E-state index in [9.17, 15) is 0 Å². The Morgan fingerprint density at radius 3 is 1.50 bits per heavy atom. The second-order valence-corrected chi connectivity index (χ2v) is 3.09. The first kappa shape index (κ1) is 9.25. The van der Waals surface area contributed by atoms with Gasteiger partial charge >= 0.3 is 23.1 Å². The van der Waals surface area contributed by atoms with Crippen molar-refractivity contribution in [2.75, 3.05) is 0 Å². The van der Waals surface area contributed by atoms with Gasteiger partial charge in [0, 0.05) is 0 Å². The Morgan fingerprint density at radius 1 is 1.25 bits per heavy atom. The smallest absolute Gasteiger partial charge is 1.00 e. The molecule has 0 amide bonds. The first-order valence-electron chi connectivity index (χ1n) is 2.62. The molecule has 3 aliphatic rings. The number of rotatable bonds is 0. The van der Waals surface area contributed by atoms with Crippen molar-refractivity contribution in [2.24, 2.45) is 5.41 Å². The van der Waals surface area contributed by atoms with Crippen LogP contribution in [0.4, 0.5) is 0 Å². The van der Waals surface area contributed by atoms with Crippen LogP contribution in [0.15, 0.2) is 0 Å². The summed E-state index contributed by atoms with van der Waals surface area (Å²) in [5.41, 5.74) is 0.829. The van der Waals surface area contributed by atoms with Crippen LogP contribution in [0.3, 0.4) is 0 Å². The molecule has 2 heteroatoms. The Hall–Kier alpha value is 1.25. The minimum Gasteiger partial charge on any atom is -1.00 e. The maximum atomic E-state index is 2.38. The average molecular weight is 185 g/mol. The molecule has 8 heavy (non-hydrogen) atoms. The van der Waals surface area contributed by atoms with Gasteiger partial charge in [-0.05, 0) is 0 Å². The van der Waals surface area contributed by atoms with Crippen molar-refractivity contribution in [3.05, 3.63) is 5.92 Å². The summed E-state index contributed by atoms with van der Waals surface area (Å²) >= 11 is 0. The normalized spacial score (nSPS) is 28.1.